The summed E-state index contributed by atoms with van der Waals surface area (Å²) in [7, 11) is 0. The first-order chi connectivity index (χ1) is 10.5. The van der Waals surface area contributed by atoms with Crippen LogP contribution in [-0.4, -0.2) is 28.5 Å². The number of hydrogen-bond donors (Lipinski definition) is 2. The highest BCUT2D eigenvalue weighted by atomic mass is 32.1. The summed E-state index contributed by atoms with van der Waals surface area (Å²) < 4.78 is 0. The minimum absolute atomic E-state index is 0.0515. The molecule has 0 aliphatic heterocycles. The molecule has 6 heteroatoms. The zero-order chi connectivity index (χ0) is 16.1. The number of aromatic carboxylic acids is 1. The number of nitrogens with zero attached hydrogens (tertiary/aromatic N) is 1. The Labute approximate surface area is 133 Å². The van der Waals surface area contributed by atoms with Gasteiger partial charge in [-0.05, 0) is 23.6 Å². The van der Waals surface area contributed by atoms with Gasteiger partial charge in [0.05, 0.1) is 5.01 Å². The van der Waals surface area contributed by atoms with Crippen LogP contribution < -0.4 is 5.32 Å². The Morgan fingerprint density at radius 2 is 1.95 bits per heavy atom. The van der Waals surface area contributed by atoms with Gasteiger partial charge in [-0.3, -0.25) is 4.79 Å². The van der Waals surface area contributed by atoms with E-state index in [4.69, 9.17) is 5.11 Å². The van der Waals surface area contributed by atoms with E-state index in [-0.39, 0.29) is 11.6 Å². The van der Waals surface area contributed by atoms with Crippen molar-refractivity contribution in [1.29, 1.82) is 0 Å². The second-order valence-electron chi connectivity index (χ2n) is 5.21. The van der Waals surface area contributed by atoms with Gasteiger partial charge in [-0.15, -0.1) is 11.3 Å². The van der Waals surface area contributed by atoms with Crippen molar-refractivity contribution in [3.05, 3.63) is 51.5 Å². The second kappa shape index (κ2) is 7.17. The second-order valence-corrected chi connectivity index (χ2v) is 6.16. The topological polar surface area (TPSA) is 79.3 Å². The number of carboxylic acids is 1. The molecule has 0 fully saturated rings. The van der Waals surface area contributed by atoms with Gasteiger partial charge in [0.1, 0.15) is 0 Å². The number of amides is 1. The Kier molecular flexibility index (Phi) is 5.27. The predicted octanol–water partition coefficient (Wildman–Crippen LogP) is 2.94. The Morgan fingerprint density at radius 3 is 2.50 bits per heavy atom. The van der Waals surface area contributed by atoms with Gasteiger partial charge in [-0.25, -0.2) is 9.78 Å². The molecule has 0 aliphatic carbocycles. The number of aromatic nitrogens is 1. The predicted molar refractivity (Wildman–Crippen MR) is 85.6 cm³/mol. The van der Waals surface area contributed by atoms with Crippen LogP contribution in [0.25, 0.3) is 0 Å². The first-order valence-corrected chi connectivity index (χ1v) is 7.91. The molecule has 0 saturated heterocycles. The summed E-state index contributed by atoms with van der Waals surface area (Å²) >= 11 is 1.29. The largest absolute Gasteiger partial charge is 0.476 e. The van der Waals surface area contributed by atoms with Crippen LogP contribution in [-0.2, 0) is 6.42 Å². The first kappa shape index (κ1) is 16.2. The van der Waals surface area contributed by atoms with Crippen molar-refractivity contribution in [3.8, 4) is 0 Å². The standard InChI is InChI=1S/C16H18N2O3S/c1-10(2)11-3-5-12(6-4-11)15(19)17-8-7-14-18-13(9-22-14)16(20)21/h3-6,9-10H,7-8H2,1-2H3,(H,17,19)(H,20,21). The lowest BCUT2D eigenvalue weighted by Crippen LogP contribution is -2.25. The fourth-order valence-corrected chi connectivity index (χ4v) is 2.70. The molecule has 0 unspecified atom stereocenters. The normalized spacial score (nSPS) is 10.7. The van der Waals surface area contributed by atoms with Crippen molar-refractivity contribution in [3.63, 3.8) is 0 Å². The van der Waals surface area contributed by atoms with Gasteiger partial charge in [0.2, 0.25) is 0 Å². The van der Waals surface area contributed by atoms with Crippen LogP contribution >= 0.6 is 11.3 Å². The number of benzene rings is 1. The van der Waals surface area contributed by atoms with Gasteiger partial charge in [-0.2, -0.15) is 0 Å². The van der Waals surface area contributed by atoms with Crippen LogP contribution in [0.15, 0.2) is 29.6 Å². The molecule has 1 amide bonds. The molecule has 0 aliphatic rings. The molecule has 1 aromatic heterocycles. The van der Waals surface area contributed by atoms with E-state index in [0.717, 1.165) is 0 Å². The molecule has 0 saturated carbocycles. The van der Waals surface area contributed by atoms with Gasteiger partial charge in [-0.1, -0.05) is 26.0 Å². The van der Waals surface area contributed by atoms with Crippen molar-refractivity contribution in [1.82, 2.24) is 10.3 Å². The van der Waals surface area contributed by atoms with E-state index in [2.05, 4.69) is 24.1 Å². The molecule has 0 spiro atoms. The smallest absolute Gasteiger partial charge is 0.355 e. The number of nitrogens with one attached hydrogen (secondary N) is 1. The summed E-state index contributed by atoms with van der Waals surface area (Å²) in [4.78, 5) is 26.7. The number of carbonyl (C=O) groups excluding carboxylic acids is 1. The average molecular weight is 318 g/mol. The lowest BCUT2D eigenvalue weighted by Gasteiger charge is -2.07. The van der Waals surface area contributed by atoms with Gasteiger partial charge in [0.15, 0.2) is 5.69 Å². The molecule has 116 valence electrons. The van der Waals surface area contributed by atoms with E-state index in [0.29, 0.717) is 29.5 Å². The van der Waals surface area contributed by atoms with E-state index in [1.165, 1.54) is 22.3 Å². The Morgan fingerprint density at radius 1 is 1.27 bits per heavy atom. The van der Waals surface area contributed by atoms with Gasteiger partial charge in [0, 0.05) is 23.9 Å². The third kappa shape index (κ3) is 4.14. The molecule has 5 nitrogen and oxygen atoms in total. The highest BCUT2D eigenvalue weighted by Gasteiger charge is 2.10. The fourth-order valence-electron chi connectivity index (χ4n) is 1.93. The quantitative estimate of drug-likeness (QED) is 0.858. The summed E-state index contributed by atoms with van der Waals surface area (Å²) in [5.41, 5.74) is 1.87. The molecule has 0 bridgehead atoms. The number of hydrogen-bond acceptors (Lipinski definition) is 4. The van der Waals surface area contributed by atoms with Crippen molar-refractivity contribution in [2.75, 3.05) is 6.54 Å². The third-order valence-corrected chi connectivity index (χ3v) is 4.14. The van der Waals surface area contributed by atoms with Gasteiger partial charge < -0.3 is 10.4 Å². The molecule has 2 N–H and O–H groups in total. The summed E-state index contributed by atoms with van der Waals surface area (Å²) in [6, 6.07) is 7.55. The highest BCUT2D eigenvalue weighted by Crippen LogP contribution is 2.14. The summed E-state index contributed by atoms with van der Waals surface area (Å²) in [5, 5.41) is 13.8. The molecule has 2 aromatic rings. The van der Waals surface area contributed by atoms with Crippen LogP contribution in [0.1, 0.15) is 51.2 Å². The van der Waals surface area contributed by atoms with Gasteiger partial charge >= 0.3 is 5.97 Å². The van der Waals surface area contributed by atoms with Gasteiger partial charge in [0.25, 0.3) is 5.91 Å². The Balaban J connectivity index is 1.85. The number of carboxylic acid groups (broad SMARTS) is 1. The summed E-state index contributed by atoms with van der Waals surface area (Å²) in [6.07, 6.45) is 0.522. The molecular formula is C16H18N2O3S. The molecular weight excluding hydrogens is 300 g/mol. The maximum Gasteiger partial charge on any atom is 0.355 e. The van der Waals surface area contributed by atoms with Crippen LogP contribution in [0.5, 0.6) is 0 Å². The van der Waals surface area contributed by atoms with Crippen LogP contribution in [0.4, 0.5) is 0 Å². The van der Waals surface area contributed by atoms with Crippen LogP contribution in [0, 0.1) is 0 Å². The van der Waals surface area contributed by atoms with E-state index in [9.17, 15) is 9.59 Å². The van der Waals surface area contributed by atoms with E-state index in [1.807, 2.05) is 24.3 Å². The minimum Gasteiger partial charge on any atom is -0.476 e. The summed E-state index contributed by atoms with van der Waals surface area (Å²) in [6.45, 7) is 4.64. The maximum atomic E-state index is 12.0. The monoisotopic (exact) mass is 318 g/mol. The SMILES string of the molecule is CC(C)c1ccc(C(=O)NCCc2nc(C(=O)O)cs2)cc1. The van der Waals surface area contributed by atoms with E-state index in [1.54, 1.807) is 0 Å². The average Bonchev–Trinajstić information content (AvgIpc) is 2.96. The zero-order valence-electron chi connectivity index (χ0n) is 12.5. The van der Waals surface area contributed by atoms with Crippen molar-refractivity contribution in [2.24, 2.45) is 0 Å². The van der Waals surface area contributed by atoms with Crippen LogP contribution in [0.3, 0.4) is 0 Å². The lowest BCUT2D eigenvalue weighted by atomic mass is 10.0. The minimum atomic E-state index is -1.03. The lowest BCUT2D eigenvalue weighted by molar-refractivity contribution is 0.0690. The van der Waals surface area contributed by atoms with Crippen molar-refractivity contribution < 1.29 is 14.7 Å². The first-order valence-electron chi connectivity index (χ1n) is 7.03. The molecule has 1 heterocycles. The third-order valence-electron chi connectivity index (χ3n) is 3.23. The molecule has 2 rings (SSSR count). The number of carbonyl (C=O) groups is 2. The van der Waals surface area contributed by atoms with Crippen molar-refractivity contribution in [2.45, 2.75) is 26.2 Å². The van der Waals surface area contributed by atoms with E-state index < -0.39 is 5.97 Å². The fraction of sp³-hybridized carbons (Fsp3) is 0.312. The molecule has 0 atom stereocenters. The van der Waals surface area contributed by atoms with Crippen molar-refractivity contribution >= 4 is 23.2 Å². The number of thiazole rings is 1. The maximum absolute atomic E-state index is 12.0. The van der Waals surface area contributed by atoms with E-state index >= 15 is 0 Å². The Bertz CT molecular complexity index is 662. The zero-order valence-corrected chi connectivity index (χ0v) is 13.3. The Hall–Kier alpha value is -2.21. The molecule has 0 radical (unpaired) electrons. The summed E-state index contributed by atoms with van der Waals surface area (Å²) in [5.74, 6) is -0.729. The van der Waals surface area contributed by atoms with Crippen LogP contribution in [0.2, 0.25) is 0 Å². The number of rotatable bonds is 6. The molecule has 22 heavy (non-hydrogen) atoms. The highest BCUT2D eigenvalue weighted by molar-refractivity contribution is 7.09. The molecule has 1 aromatic carbocycles.